The fraction of sp³-hybridized carbons (Fsp3) is 0.192. The molecule has 3 rings (SSSR count). The number of alkyl halides is 3. The monoisotopic (exact) mass is 607 g/mol. The van der Waals surface area contributed by atoms with E-state index in [-0.39, 0.29) is 22.5 Å². The molecule has 1 unspecified atom stereocenters. The van der Waals surface area contributed by atoms with E-state index in [9.17, 15) is 18.0 Å². The molecule has 0 saturated carbocycles. The van der Waals surface area contributed by atoms with E-state index in [4.69, 9.17) is 9.47 Å². The maximum absolute atomic E-state index is 14.5. The summed E-state index contributed by atoms with van der Waals surface area (Å²) in [7, 11) is 1.29. The number of nitrogens with one attached hydrogen (secondary N) is 1. The lowest BCUT2D eigenvalue weighted by atomic mass is 9.98. The number of rotatable bonds is 5. The Kier molecular flexibility index (Phi) is 8.37. The van der Waals surface area contributed by atoms with Crippen LogP contribution in [0.5, 0.6) is 5.75 Å². The molecule has 0 radical (unpaired) electrons. The Morgan fingerprint density at radius 2 is 1.77 bits per heavy atom. The van der Waals surface area contributed by atoms with Crippen molar-refractivity contribution in [1.82, 2.24) is 0 Å². The van der Waals surface area contributed by atoms with Crippen molar-refractivity contribution in [3.63, 3.8) is 0 Å². The number of fused-ring (bicyclic) bond motifs is 1. The van der Waals surface area contributed by atoms with Gasteiger partial charge in [0, 0.05) is 14.5 Å². The second kappa shape index (κ2) is 11.1. The first-order valence-corrected chi connectivity index (χ1v) is 11.8. The highest BCUT2D eigenvalue weighted by molar-refractivity contribution is 9.11. The van der Waals surface area contributed by atoms with Gasteiger partial charge in [-0.05, 0) is 69.6 Å². The highest BCUT2D eigenvalue weighted by Gasteiger charge is 2.62. The third-order valence-electron chi connectivity index (χ3n) is 4.86. The SMILES string of the molecule is CCOC(=O)C(C#CC#Cc1cccc2ccccc12)(Nc1c(Br)cc(Br)cc1OC)C(F)(F)F. The number of hydrogen-bond acceptors (Lipinski definition) is 4. The van der Waals surface area contributed by atoms with Gasteiger partial charge in [-0.25, -0.2) is 4.79 Å². The second-order valence-corrected chi connectivity index (χ2v) is 8.85. The summed E-state index contributed by atoms with van der Waals surface area (Å²) in [6.07, 6.45) is -5.16. The largest absolute Gasteiger partial charge is 0.495 e. The van der Waals surface area contributed by atoms with Crippen LogP contribution >= 0.6 is 31.9 Å². The fourth-order valence-electron chi connectivity index (χ4n) is 3.21. The van der Waals surface area contributed by atoms with E-state index in [1.807, 2.05) is 36.3 Å². The zero-order valence-electron chi connectivity index (χ0n) is 18.5. The Balaban J connectivity index is 2.14. The van der Waals surface area contributed by atoms with E-state index in [1.165, 1.54) is 26.2 Å². The number of methoxy groups -OCH3 is 1. The van der Waals surface area contributed by atoms with E-state index in [0.29, 0.717) is 10.0 Å². The molecule has 0 aliphatic rings. The Labute approximate surface area is 217 Å². The van der Waals surface area contributed by atoms with Crippen LogP contribution in [-0.4, -0.2) is 31.4 Å². The Morgan fingerprint density at radius 1 is 1.06 bits per heavy atom. The summed E-state index contributed by atoms with van der Waals surface area (Å²) in [5.41, 5.74) is -2.94. The average molecular weight is 609 g/mol. The van der Waals surface area contributed by atoms with Crippen LogP contribution in [0.1, 0.15) is 12.5 Å². The first-order valence-electron chi connectivity index (χ1n) is 10.2. The molecule has 0 amide bonds. The number of halogens is 5. The molecule has 3 aromatic carbocycles. The molecule has 0 aliphatic carbocycles. The number of anilines is 1. The van der Waals surface area contributed by atoms with Crippen molar-refractivity contribution in [2.45, 2.75) is 18.6 Å². The molecule has 9 heteroatoms. The standard InChI is InChI=1S/C26H18Br2F3NO3/c1-3-35-24(33)25(26(29,30)31,32-23-21(28)15-19(27)16-22(23)34-2)14-7-6-10-18-12-8-11-17-9-4-5-13-20(17)18/h4-5,8-9,11-13,15-16,32H,3H2,1-2H3. The van der Waals surface area contributed by atoms with E-state index in [0.717, 1.165) is 10.8 Å². The van der Waals surface area contributed by atoms with E-state index in [2.05, 4.69) is 54.9 Å². The smallest absolute Gasteiger partial charge is 0.434 e. The van der Waals surface area contributed by atoms with Crippen LogP contribution in [0.2, 0.25) is 0 Å². The minimum Gasteiger partial charge on any atom is -0.495 e. The van der Waals surface area contributed by atoms with Crippen molar-refractivity contribution < 1.29 is 27.4 Å². The summed E-state index contributed by atoms with van der Waals surface area (Å²) < 4.78 is 54.1. The van der Waals surface area contributed by atoms with Gasteiger partial charge in [-0.3, -0.25) is 0 Å². The predicted octanol–water partition coefficient (Wildman–Crippen LogP) is 6.70. The molecule has 0 aliphatic heterocycles. The van der Waals surface area contributed by atoms with Crippen LogP contribution in [0.4, 0.5) is 18.9 Å². The van der Waals surface area contributed by atoms with E-state index in [1.54, 1.807) is 12.1 Å². The van der Waals surface area contributed by atoms with Crippen molar-refractivity contribution in [2.24, 2.45) is 0 Å². The van der Waals surface area contributed by atoms with E-state index < -0.39 is 17.7 Å². The summed E-state index contributed by atoms with van der Waals surface area (Å²) in [4.78, 5) is 12.7. The van der Waals surface area contributed by atoms with Gasteiger partial charge >= 0.3 is 12.1 Å². The zero-order chi connectivity index (χ0) is 25.6. The van der Waals surface area contributed by atoms with Crippen molar-refractivity contribution in [2.75, 3.05) is 19.0 Å². The zero-order valence-corrected chi connectivity index (χ0v) is 21.7. The number of ether oxygens (including phenoxy) is 2. The minimum absolute atomic E-state index is 0.0489. The topological polar surface area (TPSA) is 47.6 Å². The van der Waals surface area contributed by atoms with Crippen LogP contribution in [0.3, 0.4) is 0 Å². The maximum atomic E-state index is 14.5. The lowest BCUT2D eigenvalue weighted by molar-refractivity contribution is -0.188. The van der Waals surface area contributed by atoms with Gasteiger partial charge in [-0.15, -0.1) is 0 Å². The molecule has 35 heavy (non-hydrogen) atoms. The van der Waals surface area contributed by atoms with Gasteiger partial charge in [0.15, 0.2) is 0 Å². The number of benzene rings is 3. The minimum atomic E-state index is -5.16. The molecule has 1 atom stereocenters. The molecule has 0 saturated heterocycles. The normalized spacial score (nSPS) is 12.4. The Hall–Kier alpha value is -3.14. The molecule has 1 N–H and O–H groups in total. The lowest BCUT2D eigenvalue weighted by Crippen LogP contribution is -2.58. The third-order valence-corrected chi connectivity index (χ3v) is 5.94. The molecule has 0 spiro atoms. The van der Waals surface area contributed by atoms with Crippen LogP contribution in [0.15, 0.2) is 63.5 Å². The van der Waals surface area contributed by atoms with Crippen molar-refractivity contribution >= 4 is 54.3 Å². The highest BCUT2D eigenvalue weighted by atomic mass is 79.9. The van der Waals surface area contributed by atoms with Crippen LogP contribution in [-0.2, 0) is 9.53 Å². The average Bonchev–Trinajstić information content (AvgIpc) is 2.81. The van der Waals surface area contributed by atoms with Crippen molar-refractivity contribution in [3.8, 4) is 29.4 Å². The first kappa shape index (κ1) is 26.5. The molecule has 3 aromatic rings. The molecule has 0 aromatic heterocycles. The molecule has 4 nitrogen and oxygen atoms in total. The quantitative estimate of drug-likeness (QED) is 0.259. The molecular formula is C26H18Br2F3NO3. The summed E-state index contributed by atoms with van der Waals surface area (Å²) >= 11 is 6.47. The summed E-state index contributed by atoms with van der Waals surface area (Å²) in [6, 6.07) is 15.8. The number of carbonyl (C=O) groups is 1. The fourth-order valence-corrected chi connectivity index (χ4v) is 4.49. The lowest BCUT2D eigenvalue weighted by Gasteiger charge is -2.31. The predicted molar refractivity (Wildman–Crippen MR) is 136 cm³/mol. The molecule has 0 heterocycles. The Morgan fingerprint density at radius 3 is 2.46 bits per heavy atom. The van der Waals surface area contributed by atoms with Gasteiger partial charge in [0.05, 0.1) is 19.4 Å². The van der Waals surface area contributed by atoms with E-state index >= 15 is 0 Å². The number of hydrogen-bond donors (Lipinski definition) is 1. The first-order chi connectivity index (χ1) is 16.6. The molecule has 180 valence electrons. The van der Waals surface area contributed by atoms with Gasteiger partial charge in [0.1, 0.15) is 5.75 Å². The highest BCUT2D eigenvalue weighted by Crippen LogP contribution is 2.42. The number of carbonyl (C=O) groups excluding carboxylic acids is 1. The van der Waals surface area contributed by atoms with Gasteiger partial charge < -0.3 is 14.8 Å². The Bertz CT molecular complexity index is 1380. The van der Waals surface area contributed by atoms with Crippen LogP contribution < -0.4 is 10.1 Å². The van der Waals surface area contributed by atoms with Gasteiger partial charge in [-0.2, -0.15) is 13.2 Å². The molecular weight excluding hydrogens is 591 g/mol. The van der Waals surface area contributed by atoms with Crippen LogP contribution in [0.25, 0.3) is 10.8 Å². The van der Waals surface area contributed by atoms with Gasteiger partial charge in [0.2, 0.25) is 0 Å². The van der Waals surface area contributed by atoms with Crippen molar-refractivity contribution in [1.29, 1.82) is 0 Å². The summed E-state index contributed by atoms with van der Waals surface area (Å²) in [5.74, 6) is 7.87. The second-order valence-electron chi connectivity index (χ2n) is 7.08. The summed E-state index contributed by atoms with van der Waals surface area (Å²) in [5, 5.41) is 3.99. The van der Waals surface area contributed by atoms with Gasteiger partial charge in [-0.1, -0.05) is 58.2 Å². The maximum Gasteiger partial charge on any atom is 0.434 e. The number of esters is 1. The molecule has 0 bridgehead atoms. The summed E-state index contributed by atoms with van der Waals surface area (Å²) in [6.45, 7) is 1.13. The third kappa shape index (κ3) is 5.75. The van der Waals surface area contributed by atoms with Crippen molar-refractivity contribution in [3.05, 3.63) is 69.1 Å². The van der Waals surface area contributed by atoms with Gasteiger partial charge in [0.25, 0.3) is 5.54 Å². The van der Waals surface area contributed by atoms with Crippen LogP contribution in [0, 0.1) is 23.7 Å². The molecule has 0 fully saturated rings.